The molecule has 1 aromatic heterocycles. The normalized spacial score (nSPS) is 13.7. The van der Waals surface area contributed by atoms with E-state index in [-0.39, 0.29) is 43.5 Å². The number of fused-ring (bicyclic) bond motifs is 1. The van der Waals surface area contributed by atoms with Crippen LogP contribution >= 0.6 is 11.6 Å². The minimum absolute atomic E-state index is 0.0702. The van der Waals surface area contributed by atoms with Gasteiger partial charge in [0, 0.05) is 37.0 Å². The number of benzene rings is 2. The Labute approximate surface area is 367 Å². The minimum Gasteiger partial charge on any atom is -0.543 e. The Morgan fingerprint density at radius 2 is 1.66 bits per heavy atom. The molecule has 3 rings (SSSR count). The number of rotatable bonds is 20. The highest BCUT2D eigenvalue weighted by atomic mass is 35.5. The summed E-state index contributed by atoms with van der Waals surface area (Å²) in [7, 11) is -0.771. The molecular formula is C46H65ClN4O9Si. The molecule has 1 heterocycles. The number of alkyl carbamates (subject to hydrolysis) is 1. The molecule has 0 aliphatic carbocycles. The van der Waals surface area contributed by atoms with E-state index >= 15 is 0 Å². The van der Waals surface area contributed by atoms with Crippen LogP contribution in [0.1, 0.15) is 98.2 Å². The van der Waals surface area contributed by atoms with Crippen molar-refractivity contribution in [3.8, 4) is 5.75 Å². The summed E-state index contributed by atoms with van der Waals surface area (Å²) in [5, 5.41) is 6.71. The number of nitrogens with zero attached hydrogens (tertiary/aromatic N) is 1. The van der Waals surface area contributed by atoms with Crippen LogP contribution in [0.3, 0.4) is 0 Å². The van der Waals surface area contributed by atoms with E-state index in [1.165, 1.54) is 24.9 Å². The van der Waals surface area contributed by atoms with E-state index in [1.54, 1.807) is 45.2 Å². The fraction of sp³-hybridized carbons (Fsp3) is 0.500. The number of halogens is 1. The molecule has 334 valence electrons. The Morgan fingerprint density at radius 1 is 0.967 bits per heavy atom. The third-order valence-corrected chi connectivity index (χ3v) is 15.1. The van der Waals surface area contributed by atoms with E-state index in [2.05, 4.69) is 56.1 Å². The van der Waals surface area contributed by atoms with Gasteiger partial charge in [0.2, 0.25) is 11.8 Å². The Bertz CT molecular complexity index is 2050. The number of aromatic nitrogens is 1. The number of likely N-dealkylation sites (N-methyl/N-ethyl adjacent to an activating group) is 1. The van der Waals surface area contributed by atoms with Crippen LogP contribution < -0.4 is 15.1 Å². The first-order valence-corrected chi connectivity index (χ1v) is 23.9. The smallest absolute Gasteiger partial charge is 0.408 e. The van der Waals surface area contributed by atoms with Gasteiger partial charge in [-0.05, 0) is 94.9 Å². The Hall–Kier alpha value is -5.08. The van der Waals surface area contributed by atoms with Crippen molar-refractivity contribution in [2.24, 2.45) is 0 Å². The van der Waals surface area contributed by atoms with E-state index in [9.17, 15) is 24.0 Å². The van der Waals surface area contributed by atoms with Crippen molar-refractivity contribution < 1.29 is 42.6 Å². The van der Waals surface area contributed by atoms with E-state index < -0.39 is 55.9 Å². The molecule has 0 aliphatic heterocycles. The molecule has 3 aromatic rings. The number of hydrogen-bond acceptors (Lipinski definition) is 9. The maximum Gasteiger partial charge on any atom is 0.408 e. The molecule has 0 unspecified atom stereocenters. The molecule has 61 heavy (non-hydrogen) atoms. The highest BCUT2D eigenvalue weighted by Crippen LogP contribution is 2.40. The molecule has 3 N–H and O–H groups in total. The van der Waals surface area contributed by atoms with Crippen molar-refractivity contribution in [3.63, 3.8) is 0 Å². The van der Waals surface area contributed by atoms with Crippen molar-refractivity contribution in [1.82, 2.24) is 20.5 Å². The molecule has 15 heteroatoms. The third kappa shape index (κ3) is 15.7. The molecular weight excluding hydrogens is 816 g/mol. The lowest BCUT2D eigenvalue weighted by Gasteiger charge is -2.36. The highest BCUT2D eigenvalue weighted by Gasteiger charge is 2.40. The number of aromatic amines is 1. The van der Waals surface area contributed by atoms with Gasteiger partial charge in [0.15, 0.2) is 0 Å². The number of carbonyl (C=O) groups excluding carboxylic acids is 5. The van der Waals surface area contributed by atoms with Gasteiger partial charge in [-0.3, -0.25) is 19.2 Å². The number of carbonyl (C=O) groups is 5. The van der Waals surface area contributed by atoms with Crippen molar-refractivity contribution >= 4 is 60.7 Å². The molecule has 0 spiro atoms. The van der Waals surface area contributed by atoms with Crippen molar-refractivity contribution in [2.75, 3.05) is 20.3 Å². The van der Waals surface area contributed by atoms with E-state index in [0.29, 0.717) is 29.2 Å². The fourth-order valence-electron chi connectivity index (χ4n) is 6.01. The lowest BCUT2D eigenvalue weighted by atomic mass is 9.99. The first-order chi connectivity index (χ1) is 28.4. The summed E-state index contributed by atoms with van der Waals surface area (Å²) in [6, 6.07) is 9.74. The summed E-state index contributed by atoms with van der Waals surface area (Å²) in [6.45, 7) is 22.9. The molecule has 0 fully saturated rings. The van der Waals surface area contributed by atoms with Crippen LogP contribution in [0.4, 0.5) is 4.79 Å². The van der Waals surface area contributed by atoms with E-state index in [4.69, 9.17) is 30.2 Å². The van der Waals surface area contributed by atoms with Gasteiger partial charge in [0.1, 0.15) is 30.0 Å². The van der Waals surface area contributed by atoms with Crippen LogP contribution in [0.15, 0.2) is 73.0 Å². The average Bonchev–Trinajstić information content (AvgIpc) is 3.58. The Morgan fingerprint density at radius 3 is 2.30 bits per heavy atom. The number of hydrogen-bond donors (Lipinski definition) is 3. The predicted octanol–water partition coefficient (Wildman–Crippen LogP) is 9.12. The van der Waals surface area contributed by atoms with Crippen LogP contribution in [0.2, 0.25) is 23.2 Å². The average molecular weight is 882 g/mol. The maximum atomic E-state index is 14.6. The molecule has 3 amide bonds. The summed E-state index contributed by atoms with van der Waals surface area (Å²) in [4.78, 5) is 71.1. The van der Waals surface area contributed by atoms with Gasteiger partial charge >= 0.3 is 18.0 Å². The molecule has 0 radical (unpaired) electrons. The number of allylic oxidation sites excluding steroid dienone is 1. The van der Waals surface area contributed by atoms with Gasteiger partial charge in [-0.15, -0.1) is 0 Å². The van der Waals surface area contributed by atoms with Gasteiger partial charge in [-0.25, -0.2) is 4.79 Å². The van der Waals surface area contributed by atoms with Gasteiger partial charge in [0.25, 0.3) is 8.32 Å². The molecule has 2 aromatic carbocycles. The molecule has 0 saturated heterocycles. The summed E-state index contributed by atoms with van der Waals surface area (Å²) in [5.74, 6) is -1.48. The zero-order chi connectivity index (χ0) is 45.7. The van der Waals surface area contributed by atoms with E-state index in [1.807, 2.05) is 37.3 Å². The zero-order valence-corrected chi connectivity index (χ0v) is 39.4. The first-order valence-electron chi connectivity index (χ1n) is 20.6. The molecule has 0 bridgehead atoms. The summed E-state index contributed by atoms with van der Waals surface area (Å²) < 4.78 is 22.5. The van der Waals surface area contributed by atoms with Crippen LogP contribution in [-0.4, -0.2) is 86.0 Å². The topological polar surface area (TPSA) is 165 Å². The second-order valence-electron chi connectivity index (χ2n) is 17.7. The predicted molar refractivity (Wildman–Crippen MR) is 242 cm³/mol. The summed E-state index contributed by atoms with van der Waals surface area (Å²) in [6.07, 6.45) is 5.42. The Balaban J connectivity index is 1.93. The highest BCUT2D eigenvalue weighted by molar-refractivity contribution is 6.74. The van der Waals surface area contributed by atoms with Gasteiger partial charge in [-0.2, -0.15) is 0 Å². The SMILES string of the molecule is C=CCOC(=O)CC/C(C)=C/CCOC(=O)C[C@@H](NC(=O)[C@@H](Cc1c[nH]c2ccccc12)N(C)C(=O)[C@H](C)NC(=O)OC(C)(C)C)c1ccc(O[Si](C)(C)C(C)(C)C)c(Cl)c1. The monoisotopic (exact) mass is 880 g/mol. The van der Waals surface area contributed by atoms with Crippen LogP contribution in [-0.2, 0) is 39.8 Å². The first kappa shape index (κ1) is 50.3. The van der Waals surface area contributed by atoms with Gasteiger partial charge in [0.05, 0.1) is 24.1 Å². The third-order valence-electron chi connectivity index (χ3n) is 10.5. The maximum absolute atomic E-state index is 14.6. The van der Waals surface area contributed by atoms with Crippen molar-refractivity contribution in [1.29, 1.82) is 0 Å². The quantitative estimate of drug-likeness (QED) is 0.0330. The number of H-pyrrole nitrogens is 1. The molecule has 0 saturated carbocycles. The van der Waals surface area contributed by atoms with Crippen LogP contribution in [0.25, 0.3) is 10.9 Å². The number of amides is 3. The van der Waals surface area contributed by atoms with Crippen LogP contribution in [0, 0.1) is 0 Å². The van der Waals surface area contributed by atoms with Gasteiger partial charge < -0.3 is 39.2 Å². The molecule has 3 atom stereocenters. The molecule has 13 nitrogen and oxygen atoms in total. The minimum atomic E-state index is -2.27. The largest absolute Gasteiger partial charge is 0.543 e. The lowest BCUT2D eigenvalue weighted by molar-refractivity contribution is -0.145. The van der Waals surface area contributed by atoms with Crippen molar-refractivity contribution in [3.05, 3.63) is 89.1 Å². The van der Waals surface area contributed by atoms with Crippen LogP contribution in [0.5, 0.6) is 5.75 Å². The number of nitrogens with one attached hydrogen (secondary N) is 3. The standard InChI is InChI=1S/C46H65ClN4O9Si/c1-13-24-57-40(52)23-20-30(2)17-16-25-58-41(53)28-37(32-21-22-39(35(47)26-32)60-61(11,12)46(7,8)9)50-42(54)38(27-33-29-48-36-19-15-14-18-34(33)36)51(10)43(55)31(3)49-44(56)59-45(4,5)6/h13-15,17-19,21-22,26,29,31,37-38,48H,1,16,20,23-25,27-28H2,2-12H3,(H,49,56)(H,50,54)/b30-17+/t31-,37+,38+/m0/s1. The fourth-order valence-corrected chi connectivity index (χ4v) is 7.34. The van der Waals surface area contributed by atoms with Gasteiger partial charge in [-0.1, -0.05) is 80.9 Å². The second kappa shape index (κ2) is 22.1. The number of para-hydroxylation sites is 1. The Kier molecular flexibility index (Phi) is 18.2. The van der Waals surface area contributed by atoms with E-state index in [0.717, 1.165) is 22.0 Å². The summed E-state index contributed by atoms with van der Waals surface area (Å²) in [5.41, 5.74) is 2.32. The molecule has 0 aliphatic rings. The second-order valence-corrected chi connectivity index (χ2v) is 22.9. The number of esters is 2. The summed E-state index contributed by atoms with van der Waals surface area (Å²) >= 11 is 6.85. The van der Waals surface area contributed by atoms with Crippen molar-refractivity contribution in [2.45, 2.75) is 129 Å². The lowest BCUT2D eigenvalue weighted by Crippen LogP contribution is -2.55. The zero-order valence-electron chi connectivity index (χ0n) is 37.7. The number of ether oxygens (including phenoxy) is 3.